The van der Waals surface area contributed by atoms with Crippen molar-refractivity contribution in [3.63, 3.8) is 0 Å². The summed E-state index contributed by atoms with van der Waals surface area (Å²) in [5.74, 6) is 0. The lowest BCUT2D eigenvalue weighted by Crippen LogP contribution is -2.46. The SMILES string of the molecule is CC(C)(C)N1CCC2(COC(CC(C)(C)N3CC[C@]4(CCOC4)C3)C2)C1. The van der Waals surface area contributed by atoms with Gasteiger partial charge in [-0.3, -0.25) is 9.80 Å². The summed E-state index contributed by atoms with van der Waals surface area (Å²) in [5, 5.41) is 0. The van der Waals surface area contributed by atoms with Crippen molar-refractivity contribution in [3.8, 4) is 0 Å². The van der Waals surface area contributed by atoms with Gasteiger partial charge in [-0.2, -0.15) is 0 Å². The van der Waals surface area contributed by atoms with Crippen molar-refractivity contribution >= 4 is 0 Å². The van der Waals surface area contributed by atoms with Gasteiger partial charge in [0.25, 0.3) is 0 Å². The van der Waals surface area contributed by atoms with Crippen LogP contribution in [0.1, 0.15) is 66.7 Å². The van der Waals surface area contributed by atoms with Crippen LogP contribution in [0.5, 0.6) is 0 Å². The number of likely N-dealkylation sites (tertiary alicyclic amines) is 2. The molecule has 4 saturated heterocycles. The molecule has 4 aliphatic rings. The second-order valence-corrected chi connectivity index (χ2v) is 11.5. The molecular weight excluding hydrogens is 324 g/mol. The highest BCUT2D eigenvalue weighted by Crippen LogP contribution is 2.46. The number of hydrogen-bond acceptors (Lipinski definition) is 4. The predicted octanol–water partition coefficient (Wildman–Crippen LogP) is 3.55. The Kier molecular flexibility index (Phi) is 4.74. The molecule has 150 valence electrons. The lowest BCUT2D eigenvalue weighted by atomic mass is 9.81. The molecule has 0 radical (unpaired) electrons. The topological polar surface area (TPSA) is 24.9 Å². The fourth-order valence-electron chi connectivity index (χ4n) is 5.93. The first-order valence-corrected chi connectivity index (χ1v) is 10.8. The Morgan fingerprint density at radius 3 is 2.23 bits per heavy atom. The molecule has 0 aromatic carbocycles. The molecule has 4 heterocycles. The van der Waals surface area contributed by atoms with Crippen LogP contribution in [0.15, 0.2) is 0 Å². The van der Waals surface area contributed by atoms with E-state index in [1.807, 2.05) is 0 Å². The molecule has 0 saturated carbocycles. The summed E-state index contributed by atoms with van der Waals surface area (Å²) in [6, 6.07) is 0. The summed E-state index contributed by atoms with van der Waals surface area (Å²) in [6.07, 6.45) is 6.73. The Morgan fingerprint density at radius 1 is 0.885 bits per heavy atom. The van der Waals surface area contributed by atoms with E-state index in [4.69, 9.17) is 9.47 Å². The first kappa shape index (κ1) is 19.2. The van der Waals surface area contributed by atoms with E-state index in [0.717, 1.165) is 19.8 Å². The molecular formula is C22H40N2O2. The highest BCUT2D eigenvalue weighted by atomic mass is 16.5. The molecule has 3 atom stereocenters. The standard InChI is InChI=1S/C22H40N2O2/c1-19(2,3)23-9-7-22(15-23)13-18(26-17-22)12-20(4,5)24-10-6-21(14-24)8-11-25-16-21/h18H,6-17H2,1-5H3/t18?,21-,22?/m0/s1. The van der Waals surface area contributed by atoms with E-state index in [2.05, 4.69) is 44.4 Å². The molecule has 0 aromatic rings. The molecule has 4 nitrogen and oxygen atoms in total. The molecule has 0 N–H and O–H groups in total. The second-order valence-electron chi connectivity index (χ2n) is 11.5. The van der Waals surface area contributed by atoms with Gasteiger partial charge in [-0.25, -0.2) is 0 Å². The van der Waals surface area contributed by atoms with Crippen molar-refractivity contribution in [2.75, 3.05) is 46.0 Å². The van der Waals surface area contributed by atoms with E-state index in [9.17, 15) is 0 Å². The fraction of sp³-hybridized carbons (Fsp3) is 1.00. The van der Waals surface area contributed by atoms with Crippen LogP contribution in [0, 0.1) is 10.8 Å². The molecule has 26 heavy (non-hydrogen) atoms. The summed E-state index contributed by atoms with van der Waals surface area (Å²) >= 11 is 0. The zero-order valence-corrected chi connectivity index (χ0v) is 17.8. The van der Waals surface area contributed by atoms with Gasteiger partial charge in [0.15, 0.2) is 0 Å². The van der Waals surface area contributed by atoms with Crippen LogP contribution in [0.3, 0.4) is 0 Å². The van der Waals surface area contributed by atoms with E-state index >= 15 is 0 Å². The van der Waals surface area contributed by atoms with Crippen molar-refractivity contribution in [1.82, 2.24) is 9.80 Å². The van der Waals surface area contributed by atoms with Crippen LogP contribution in [0.4, 0.5) is 0 Å². The third-order valence-electron chi connectivity index (χ3n) is 7.88. The smallest absolute Gasteiger partial charge is 0.0599 e. The molecule has 4 fully saturated rings. The zero-order valence-electron chi connectivity index (χ0n) is 17.8. The average molecular weight is 365 g/mol. The molecule has 4 heteroatoms. The summed E-state index contributed by atoms with van der Waals surface area (Å²) in [4.78, 5) is 5.39. The van der Waals surface area contributed by atoms with Gasteiger partial charge in [0.1, 0.15) is 0 Å². The van der Waals surface area contributed by atoms with E-state index in [1.165, 1.54) is 58.3 Å². The van der Waals surface area contributed by atoms with Crippen molar-refractivity contribution in [1.29, 1.82) is 0 Å². The second kappa shape index (κ2) is 6.43. The van der Waals surface area contributed by atoms with Gasteiger partial charge in [-0.15, -0.1) is 0 Å². The van der Waals surface area contributed by atoms with E-state index in [1.54, 1.807) is 0 Å². The quantitative estimate of drug-likeness (QED) is 0.765. The van der Waals surface area contributed by atoms with E-state index in [0.29, 0.717) is 16.9 Å². The third-order valence-corrected chi connectivity index (χ3v) is 7.88. The molecule has 0 aliphatic carbocycles. The van der Waals surface area contributed by atoms with Crippen molar-refractivity contribution in [2.45, 2.75) is 83.9 Å². The molecule has 0 aromatic heterocycles. The van der Waals surface area contributed by atoms with Crippen molar-refractivity contribution in [3.05, 3.63) is 0 Å². The first-order chi connectivity index (χ1) is 12.1. The minimum Gasteiger partial charge on any atom is -0.381 e. The first-order valence-electron chi connectivity index (χ1n) is 10.8. The summed E-state index contributed by atoms with van der Waals surface area (Å²) < 4.78 is 12.1. The molecule has 0 bridgehead atoms. The zero-order chi connectivity index (χ0) is 18.6. The summed E-state index contributed by atoms with van der Waals surface area (Å²) in [6.45, 7) is 19.7. The van der Waals surface area contributed by atoms with Gasteiger partial charge in [-0.05, 0) is 79.8 Å². The van der Waals surface area contributed by atoms with Gasteiger partial charge in [0, 0.05) is 41.6 Å². The lowest BCUT2D eigenvalue weighted by molar-refractivity contribution is 0.0343. The minimum atomic E-state index is 0.227. The molecule has 2 spiro atoms. The summed E-state index contributed by atoms with van der Waals surface area (Å²) in [5.41, 5.74) is 1.38. The monoisotopic (exact) mass is 364 g/mol. The van der Waals surface area contributed by atoms with Crippen LogP contribution < -0.4 is 0 Å². The number of hydrogen-bond donors (Lipinski definition) is 0. The molecule has 4 rings (SSSR count). The van der Waals surface area contributed by atoms with E-state index < -0.39 is 0 Å². The van der Waals surface area contributed by atoms with Crippen LogP contribution >= 0.6 is 0 Å². The van der Waals surface area contributed by atoms with Crippen molar-refractivity contribution < 1.29 is 9.47 Å². The Hall–Kier alpha value is -0.160. The predicted molar refractivity (Wildman–Crippen MR) is 105 cm³/mol. The maximum atomic E-state index is 6.39. The van der Waals surface area contributed by atoms with Gasteiger partial charge in [-0.1, -0.05) is 0 Å². The number of nitrogens with zero attached hydrogens (tertiary/aromatic N) is 2. The molecule has 4 aliphatic heterocycles. The van der Waals surface area contributed by atoms with Gasteiger partial charge >= 0.3 is 0 Å². The minimum absolute atomic E-state index is 0.227. The van der Waals surface area contributed by atoms with Crippen LogP contribution in [-0.4, -0.2) is 73.0 Å². The Morgan fingerprint density at radius 2 is 1.58 bits per heavy atom. The van der Waals surface area contributed by atoms with Crippen LogP contribution in [0.2, 0.25) is 0 Å². The maximum Gasteiger partial charge on any atom is 0.0599 e. The van der Waals surface area contributed by atoms with Crippen LogP contribution in [0.25, 0.3) is 0 Å². The fourth-order valence-corrected chi connectivity index (χ4v) is 5.93. The van der Waals surface area contributed by atoms with Gasteiger partial charge in [0.2, 0.25) is 0 Å². The Labute approximate surface area is 160 Å². The van der Waals surface area contributed by atoms with Crippen LogP contribution in [-0.2, 0) is 9.47 Å². The van der Waals surface area contributed by atoms with Gasteiger partial charge < -0.3 is 9.47 Å². The summed E-state index contributed by atoms with van der Waals surface area (Å²) in [7, 11) is 0. The number of ether oxygens (including phenoxy) is 2. The number of rotatable bonds is 3. The Bertz CT molecular complexity index is 521. The normalized spacial score (nSPS) is 39.8. The van der Waals surface area contributed by atoms with Gasteiger partial charge in [0.05, 0.1) is 19.3 Å². The molecule has 0 amide bonds. The Balaban J connectivity index is 1.33. The average Bonchev–Trinajstić information content (AvgIpc) is 3.30. The highest BCUT2D eigenvalue weighted by Gasteiger charge is 2.50. The third kappa shape index (κ3) is 3.59. The van der Waals surface area contributed by atoms with Crippen molar-refractivity contribution in [2.24, 2.45) is 10.8 Å². The van der Waals surface area contributed by atoms with E-state index in [-0.39, 0.29) is 11.1 Å². The molecule has 2 unspecified atom stereocenters. The highest BCUT2D eigenvalue weighted by molar-refractivity contribution is 5.02. The lowest BCUT2D eigenvalue weighted by Gasteiger charge is -2.38. The largest absolute Gasteiger partial charge is 0.381 e. The maximum absolute atomic E-state index is 6.39.